The number of hydrogen-bond donors (Lipinski definition) is 2. The second-order valence-corrected chi connectivity index (χ2v) is 11.5. The van der Waals surface area contributed by atoms with Gasteiger partial charge in [0.25, 0.3) is 5.91 Å². The number of likely N-dealkylation sites (tertiary alicyclic amines) is 1. The van der Waals surface area contributed by atoms with E-state index >= 15 is 0 Å². The molecule has 2 amide bonds. The standard InChI is InChI=1S/C29H37N5O4/c1-17-6-9-22(37-15-19-7-8-19)21(14-17)24-26-25(31-16-30-24)23(18(2)32-26)27(35)33-20-10-12-34(13-11-20)28(36)38-29(3,4)5/h6,9,14,16,19-20,32H,7-8,10-13,15H2,1-5H3,(H,33,35). The third-order valence-electron chi connectivity index (χ3n) is 7.04. The van der Waals surface area contributed by atoms with E-state index in [9.17, 15) is 9.59 Å². The summed E-state index contributed by atoms with van der Waals surface area (Å²) in [5, 5.41) is 3.16. The first-order valence-corrected chi connectivity index (χ1v) is 13.4. The molecule has 2 fully saturated rings. The lowest BCUT2D eigenvalue weighted by atomic mass is 10.0. The molecule has 0 atom stereocenters. The summed E-state index contributed by atoms with van der Waals surface area (Å²) in [4.78, 5) is 40.0. The van der Waals surface area contributed by atoms with Crippen LogP contribution in [0.25, 0.3) is 22.3 Å². The van der Waals surface area contributed by atoms with E-state index < -0.39 is 5.60 Å². The quantitative estimate of drug-likeness (QED) is 0.466. The molecular weight excluding hydrogens is 482 g/mol. The third kappa shape index (κ3) is 5.76. The molecule has 1 saturated heterocycles. The average Bonchev–Trinajstić information content (AvgIpc) is 3.62. The molecular formula is C29H37N5O4. The minimum Gasteiger partial charge on any atom is -0.493 e. The van der Waals surface area contributed by atoms with E-state index in [0.29, 0.717) is 49.5 Å². The highest BCUT2D eigenvalue weighted by molar-refractivity contribution is 6.09. The van der Waals surface area contributed by atoms with Crippen LogP contribution < -0.4 is 10.1 Å². The number of nitrogens with one attached hydrogen (secondary N) is 2. The number of piperidine rings is 1. The summed E-state index contributed by atoms with van der Waals surface area (Å²) < 4.78 is 11.6. The Balaban J connectivity index is 1.34. The van der Waals surface area contributed by atoms with Crippen LogP contribution in [0, 0.1) is 19.8 Å². The highest BCUT2D eigenvalue weighted by Crippen LogP contribution is 2.37. The van der Waals surface area contributed by atoms with Crippen molar-refractivity contribution < 1.29 is 19.1 Å². The van der Waals surface area contributed by atoms with Crippen molar-refractivity contribution in [3.05, 3.63) is 41.3 Å². The zero-order valence-corrected chi connectivity index (χ0v) is 22.9. The van der Waals surface area contributed by atoms with Crippen molar-refractivity contribution in [1.82, 2.24) is 25.2 Å². The Kier molecular flexibility index (Phi) is 7.03. The van der Waals surface area contributed by atoms with Crippen LogP contribution in [-0.4, -0.2) is 63.2 Å². The van der Waals surface area contributed by atoms with Crippen LogP contribution in [0.2, 0.25) is 0 Å². The van der Waals surface area contributed by atoms with E-state index in [2.05, 4.69) is 26.3 Å². The number of aryl methyl sites for hydroxylation is 2. The molecule has 202 valence electrons. The van der Waals surface area contributed by atoms with Gasteiger partial charge in [0.1, 0.15) is 28.9 Å². The van der Waals surface area contributed by atoms with Crippen molar-refractivity contribution in [3.63, 3.8) is 0 Å². The number of rotatable bonds is 6. The van der Waals surface area contributed by atoms with Crippen LogP contribution in [0.3, 0.4) is 0 Å². The summed E-state index contributed by atoms with van der Waals surface area (Å²) in [5.41, 5.74) is 4.74. The van der Waals surface area contributed by atoms with Crippen LogP contribution in [0.1, 0.15) is 68.1 Å². The fourth-order valence-electron chi connectivity index (χ4n) is 4.84. The first-order chi connectivity index (χ1) is 18.1. The Morgan fingerprint density at radius 3 is 2.53 bits per heavy atom. The molecule has 3 aromatic rings. The van der Waals surface area contributed by atoms with E-state index in [1.807, 2.05) is 46.8 Å². The van der Waals surface area contributed by atoms with Gasteiger partial charge in [-0.1, -0.05) is 11.6 Å². The Labute approximate surface area is 223 Å². The first kappa shape index (κ1) is 26.0. The number of aromatic nitrogens is 3. The zero-order valence-electron chi connectivity index (χ0n) is 22.9. The van der Waals surface area contributed by atoms with Gasteiger partial charge in [0.15, 0.2) is 0 Å². The monoisotopic (exact) mass is 519 g/mol. The molecule has 0 radical (unpaired) electrons. The Bertz CT molecular complexity index is 1350. The van der Waals surface area contributed by atoms with Gasteiger partial charge in [-0.15, -0.1) is 0 Å². The number of benzene rings is 1. The van der Waals surface area contributed by atoms with Crippen molar-refractivity contribution in [3.8, 4) is 17.0 Å². The molecule has 1 aromatic carbocycles. The minimum absolute atomic E-state index is 0.0361. The van der Waals surface area contributed by atoms with Crippen molar-refractivity contribution in [1.29, 1.82) is 0 Å². The lowest BCUT2D eigenvalue weighted by molar-refractivity contribution is 0.0199. The Morgan fingerprint density at radius 2 is 1.84 bits per heavy atom. The largest absolute Gasteiger partial charge is 0.493 e. The predicted molar refractivity (Wildman–Crippen MR) is 145 cm³/mol. The fourth-order valence-corrected chi connectivity index (χ4v) is 4.84. The van der Waals surface area contributed by atoms with E-state index in [1.165, 1.54) is 19.2 Å². The number of amides is 2. The zero-order chi connectivity index (χ0) is 27.0. The van der Waals surface area contributed by atoms with Crippen LogP contribution in [0.4, 0.5) is 4.79 Å². The van der Waals surface area contributed by atoms with Gasteiger partial charge < -0.3 is 24.7 Å². The van der Waals surface area contributed by atoms with Gasteiger partial charge in [0.05, 0.1) is 17.7 Å². The van der Waals surface area contributed by atoms with E-state index in [1.54, 1.807) is 4.90 Å². The number of carbonyl (C=O) groups is 2. The maximum Gasteiger partial charge on any atom is 0.410 e. The molecule has 1 aliphatic carbocycles. The Hall–Kier alpha value is -3.62. The van der Waals surface area contributed by atoms with Crippen molar-refractivity contribution in [2.75, 3.05) is 19.7 Å². The van der Waals surface area contributed by atoms with Gasteiger partial charge in [0.2, 0.25) is 0 Å². The molecule has 1 aliphatic heterocycles. The van der Waals surface area contributed by atoms with Crippen LogP contribution >= 0.6 is 0 Å². The molecule has 38 heavy (non-hydrogen) atoms. The molecule has 3 heterocycles. The molecule has 2 aliphatic rings. The molecule has 0 unspecified atom stereocenters. The number of carbonyl (C=O) groups excluding carboxylic acids is 2. The normalized spacial score (nSPS) is 16.5. The number of nitrogens with zero attached hydrogens (tertiary/aromatic N) is 3. The SMILES string of the molecule is Cc1ccc(OCC2CC2)c(-c2ncnc3c(C(=O)NC4CCN(C(=O)OC(C)(C)C)CC4)c(C)[nH]c23)c1. The second kappa shape index (κ2) is 10.3. The number of hydrogen-bond acceptors (Lipinski definition) is 6. The fraction of sp³-hybridized carbons (Fsp3) is 0.517. The van der Waals surface area contributed by atoms with Gasteiger partial charge in [0, 0.05) is 30.4 Å². The molecule has 0 bridgehead atoms. The van der Waals surface area contributed by atoms with Crippen molar-refractivity contribution in [2.24, 2.45) is 5.92 Å². The molecule has 9 nitrogen and oxygen atoms in total. The summed E-state index contributed by atoms with van der Waals surface area (Å²) >= 11 is 0. The maximum absolute atomic E-state index is 13.4. The molecule has 0 spiro atoms. The van der Waals surface area contributed by atoms with Gasteiger partial charge in [-0.3, -0.25) is 4.79 Å². The van der Waals surface area contributed by atoms with Gasteiger partial charge >= 0.3 is 6.09 Å². The van der Waals surface area contributed by atoms with Crippen molar-refractivity contribution >= 4 is 23.0 Å². The number of ether oxygens (including phenoxy) is 2. The smallest absolute Gasteiger partial charge is 0.410 e. The van der Waals surface area contributed by atoms with Gasteiger partial charge in [-0.25, -0.2) is 14.8 Å². The lowest BCUT2D eigenvalue weighted by Gasteiger charge is -2.33. The molecule has 1 saturated carbocycles. The van der Waals surface area contributed by atoms with Crippen LogP contribution in [0.15, 0.2) is 24.5 Å². The summed E-state index contributed by atoms with van der Waals surface area (Å²) in [5.74, 6) is 1.25. The lowest BCUT2D eigenvalue weighted by Crippen LogP contribution is -2.47. The Morgan fingerprint density at radius 1 is 1.11 bits per heavy atom. The predicted octanol–water partition coefficient (Wildman–Crippen LogP) is 5.16. The summed E-state index contributed by atoms with van der Waals surface area (Å²) in [7, 11) is 0. The second-order valence-electron chi connectivity index (χ2n) is 11.5. The van der Waals surface area contributed by atoms with E-state index in [-0.39, 0.29) is 18.0 Å². The summed E-state index contributed by atoms with van der Waals surface area (Å²) in [6.07, 6.45) is 4.96. The average molecular weight is 520 g/mol. The summed E-state index contributed by atoms with van der Waals surface area (Å²) in [6, 6.07) is 6.06. The number of aromatic amines is 1. The third-order valence-corrected chi connectivity index (χ3v) is 7.04. The maximum atomic E-state index is 13.4. The number of fused-ring (bicyclic) bond motifs is 1. The van der Waals surface area contributed by atoms with Crippen LogP contribution in [-0.2, 0) is 4.74 Å². The molecule has 9 heteroatoms. The molecule has 5 rings (SSSR count). The molecule has 2 aromatic heterocycles. The highest BCUT2D eigenvalue weighted by Gasteiger charge is 2.29. The molecule has 2 N–H and O–H groups in total. The number of H-pyrrole nitrogens is 1. The summed E-state index contributed by atoms with van der Waals surface area (Å²) in [6.45, 7) is 11.3. The van der Waals surface area contributed by atoms with Crippen molar-refractivity contribution in [2.45, 2.75) is 71.9 Å². The van der Waals surface area contributed by atoms with Gasteiger partial charge in [-0.05, 0) is 78.4 Å². The van der Waals surface area contributed by atoms with Crippen LogP contribution in [0.5, 0.6) is 5.75 Å². The van der Waals surface area contributed by atoms with E-state index in [0.717, 1.165) is 33.8 Å². The topological polar surface area (TPSA) is 109 Å². The minimum atomic E-state index is -0.529. The highest BCUT2D eigenvalue weighted by atomic mass is 16.6. The first-order valence-electron chi connectivity index (χ1n) is 13.4. The van der Waals surface area contributed by atoms with Gasteiger partial charge in [-0.2, -0.15) is 0 Å². The van der Waals surface area contributed by atoms with E-state index in [4.69, 9.17) is 9.47 Å².